The molecule has 1 N–H and O–H groups in total. The highest BCUT2D eigenvalue weighted by Gasteiger charge is 2.30. The van der Waals surface area contributed by atoms with E-state index in [0.29, 0.717) is 27.2 Å². The van der Waals surface area contributed by atoms with Gasteiger partial charge >= 0.3 is 0 Å². The van der Waals surface area contributed by atoms with Gasteiger partial charge in [-0.1, -0.05) is 23.2 Å². The first-order valence-electron chi connectivity index (χ1n) is 6.91. The third-order valence-corrected chi connectivity index (χ3v) is 3.69. The standard InChI is InChI=1S/C17H17Cl2NO3/c1-17(2,23-13-7-4-11(18)5-8-13)16(21)20-12-6-9-15(22-3)14(19)10-12/h4-10H,1-3H3,(H,20,21). The largest absolute Gasteiger partial charge is 0.495 e. The van der Waals surface area contributed by atoms with Gasteiger partial charge in [0.15, 0.2) is 5.60 Å². The zero-order valence-corrected chi connectivity index (χ0v) is 14.5. The number of hydrogen-bond acceptors (Lipinski definition) is 3. The summed E-state index contributed by atoms with van der Waals surface area (Å²) in [7, 11) is 1.53. The van der Waals surface area contributed by atoms with Crippen molar-refractivity contribution in [3.63, 3.8) is 0 Å². The van der Waals surface area contributed by atoms with Crippen LogP contribution in [-0.2, 0) is 4.79 Å². The Balaban J connectivity index is 2.08. The first kappa shape index (κ1) is 17.4. The van der Waals surface area contributed by atoms with E-state index in [1.165, 1.54) is 7.11 Å². The maximum absolute atomic E-state index is 12.4. The minimum Gasteiger partial charge on any atom is -0.495 e. The summed E-state index contributed by atoms with van der Waals surface area (Å²) in [5.41, 5.74) is -0.506. The van der Waals surface area contributed by atoms with Gasteiger partial charge in [0.05, 0.1) is 12.1 Å². The summed E-state index contributed by atoms with van der Waals surface area (Å²) in [4.78, 5) is 12.4. The lowest BCUT2D eigenvalue weighted by atomic mass is 10.1. The zero-order chi connectivity index (χ0) is 17.0. The second-order valence-electron chi connectivity index (χ2n) is 5.37. The molecule has 122 valence electrons. The van der Waals surface area contributed by atoms with E-state index in [4.69, 9.17) is 32.7 Å². The summed E-state index contributed by atoms with van der Waals surface area (Å²) < 4.78 is 10.8. The van der Waals surface area contributed by atoms with Crippen LogP contribution in [0.25, 0.3) is 0 Å². The van der Waals surface area contributed by atoms with E-state index >= 15 is 0 Å². The SMILES string of the molecule is COc1ccc(NC(=O)C(C)(C)Oc2ccc(Cl)cc2)cc1Cl. The number of amides is 1. The third kappa shape index (κ3) is 4.53. The first-order valence-corrected chi connectivity index (χ1v) is 7.67. The number of nitrogens with one attached hydrogen (secondary N) is 1. The molecule has 0 radical (unpaired) electrons. The van der Waals surface area contributed by atoms with Crippen LogP contribution in [0.5, 0.6) is 11.5 Å². The van der Waals surface area contributed by atoms with Gasteiger partial charge in [-0.15, -0.1) is 0 Å². The van der Waals surface area contributed by atoms with Gasteiger partial charge in [-0.3, -0.25) is 4.79 Å². The lowest BCUT2D eigenvalue weighted by Gasteiger charge is -2.25. The Morgan fingerprint density at radius 1 is 1.09 bits per heavy atom. The first-order chi connectivity index (χ1) is 10.8. The molecule has 4 nitrogen and oxygen atoms in total. The van der Waals surface area contributed by atoms with Gasteiger partial charge in [-0.2, -0.15) is 0 Å². The number of anilines is 1. The van der Waals surface area contributed by atoms with Crippen LogP contribution >= 0.6 is 23.2 Å². The molecule has 0 spiro atoms. The Labute approximate surface area is 145 Å². The predicted octanol–water partition coefficient (Wildman–Crippen LogP) is 4.80. The van der Waals surface area contributed by atoms with Crippen LogP contribution < -0.4 is 14.8 Å². The summed E-state index contributed by atoms with van der Waals surface area (Å²) in [6, 6.07) is 11.8. The normalized spacial score (nSPS) is 11.0. The quantitative estimate of drug-likeness (QED) is 0.839. The van der Waals surface area contributed by atoms with Crippen LogP contribution in [0.15, 0.2) is 42.5 Å². The summed E-state index contributed by atoms with van der Waals surface area (Å²) in [6.45, 7) is 3.37. The molecule has 0 fully saturated rings. The maximum Gasteiger partial charge on any atom is 0.267 e. The Morgan fingerprint density at radius 2 is 1.74 bits per heavy atom. The number of hydrogen-bond donors (Lipinski definition) is 1. The molecule has 0 saturated carbocycles. The van der Waals surface area contributed by atoms with Gasteiger partial charge in [0.2, 0.25) is 0 Å². The average molecular weight is 354 g/mol. The Bertz CT molecular complexity index is 699. The van der Waals surface area contributed by atoms with Gasteiger partial charge < -0.3 is 14.8 Å². The van der Waals surface area contributed by atoms with Crippen molar-refractivity contribution in [3.05, 3.63) is 52.5 Å². The fourth-order valence-corrected chi connectivity index (χ4v) is 2.25. The highest BCUT2D eigenvalue weighted by Crippen LogP contribution is 2.28. The van der Waals surface area contributed by atoms with Crippen LogP contribution in [0.1, 0.15) is 13.8 Å². The van der Waals surface area contributed by atoms with Crippen molar-refractivity contribution in [2.24, 2.45) is 0 Å². The van der Waals surface area contributed by atoms with E-state index in [9.17, 15) is 4.79 Å². The Morgan fingerprint density at radius 3 is 2.30 bits per heavy atom. The maximum atomic E-state index is 12.4. The molecule has 0 aromatic heterocycles. The highest BCUT2D eigenvalue weighted by atomic mass is 35.5. The van der Waals surface area contributed by atoms with Crippen LogP contribution in [-0.4, -0.2) is 18.6 Å². The number of ether oxygens (including phenoxy) is 2. The Kier molecular flexibility index (Phi) is 5.39. The van der Waals surface area contributed by atoms with Crippen molar-refractivity contribution < 1.29 is 14.3 Å². The second-order valence-corrected chi connectivity index (χ2v) is 6.21. The molecular formula is C17H17Cl2NO3. The monoisotopic (exact) mass is 353 g/mol. The molecule has 2 aromatic rings. The lowest BCUT2D eigenvalue weighted by molar-refractivity contribution is -0.128. The summed E-state index contributed by atoms with van der Waals surface area (Å²) in [5, 5.41) is 3.80. The van der Waals surface area contributed by atoms with Crippen molar-refractivity contribution in [1.82, 2.24) is 0 Å². The van der Waals surface area contributed by atoms with Crippen molar-refractivity contribution in [1.29, 1.82) is 0 Å². The fourth-order valence-electron chi connectivity index (χ4n) is 1.87. The van der Waals surface area contributed by atoms with Crippen molar-refractivity contribution >= 4 is 34.8 Å². The lowest BCUT2D eigenvalue weighted by Crippen LogP contribution is -2.42. The number of carbonyl (C=O) groups excluding carboxylic acids is 1. The van der Waals surface area contributed by atoms with Gasteiger partial charge in [-0.05, 0) is 56.3 Å². The van der Waals surface area contributed by atoms with Crippen LogP contribution in [0, 0.1) is 0 Å². The summed E-state index contributed by atoms with van der Waals surface area (Å²) >= 11 is 11.9. The summed E-state index contributed by atoms with van der Waals surface area (Å²) in [6.07, 6.45) is 0. The summed E-state index contributed by atoms with van der Waals surface area (Å²) in [5.74, 6) is 0.803. The molecule has 0 aliphatic rings. The second kappa shape index (κ2) is 7.11. The molecule has 0 unspecified atom stereocenters. The van der Waals surface area contributed by atoms with Crippen LogP contribution in [0.2, 0.25) is 10.0 Å². The van der Waals surface area contributed by atoms with E-state index in [2.05, 4.69) is 5.32 Å². The van der Waals surface area contributed by atoms with Crippen molar-refractivity contribution in [2.75, 3.05) is 12.4 Å². The minimum absolute atomic E-state index is 0.298. The van der Waals surface area contributed by atoms with E-state index in [1.54, 1.807) is 56.3 Å². The van der Waals surface area contributed by atoms with E-state index in [1.807, 2.05) is 0 Å². The molecule has 23 heavy (non-hydrogen) atoms. The average Bonchev–Trinajstić information content (AvgIpc) is 2.49. The molecule has 2 aromatic carbocycles. The number of carbonyl (C=O) groups is 1. The molecule has 0 heterocycles. The highest BCUT2D eigenvalue weighted by molar-refractivity contribution is 6.32. The van der Waals surface area contributed by atoms with Gasteiger partial charge in [-0.25, -0.2) is 0 Å². The topological polar surface area (TPSA) is 47.6 Å². The number of halogens is 2. The molecule has 1 amide bonds. The number of rotatable bonds is 5. The third-order valence-electron chi connectivity index (χ3n) is 3.14. The molecule has 2 rings (SSSR count). The van der Waals surface area contributed by atoms with E-state index in [-0.39, 0.29) is 5.91 Å². The number of benzene rings is 2. The zero-order valence-electron chi connectivity index (χ0n) is 13.0. The van der Waals surface area contributed by atoms with Crippen molar-refractivity contribution in [3.8, 4) is 11.5 Å². The van der Waals surface area contributed by atoms with Crippen LogP contribution in [0.3, 0.4) is 0 Å². The van der Waals surface area contributed by atoms with Gasteiger partial charge in [0.1, 0.15) is 11.5 Å². The van der Waals surface area contributed by atoms with Gasteiger partial charge in [0, 0.05) is 10.7 Å². The van der Waals surface area contributed by atoms with E-state index < -0.39 is 5.60 Å². The molecule has 0 aliphatic carbocycles. The van der Waals surface area contributed by atoms with E-state index in [0.717, 1.165) is 0 Å². The Hall–Kier alpha value is -1.91. The van der Waals surface area contributed by atoms with Crippen LogP contribution in [0.4, 0.5) is 5.69 Å². The predicted molar refractivity (Wildman–Crippen MR) is 92.8 cm³/mol. The number of methoxy groups -OCH3 is 1. The van der Waals surface area contributed by atoms with Gasteiger partial charge in [0.25, 0.3) is 5.91 Å². The molecule has 0 atom stereocenters. The van der Waals surface area contributed by atoms with Crippen molar-refractivity contribution in [2.45, 2.75) is 19.4 Å². The molecule has 0 saturated heterocycles. The molecular weight excluding hydrogens is 337 g/mol. The smallest absolute Gasteiger partial charge is 0.267 e. The molecule has 0 bridgehead atoms. The molecule has 0 aliphatic heterocycles. The fraction of sp³-hybridized carbons (Fsp3) is 0.235. The molecule has 6 heteroatoms. The minimum atomic E-state index is -1.07.